The number of hydrogen-bond acceptors (Lipinski definition) is 6. The molecule has 1 aliphatic rings. The average Bonchev–Trinajstić information content (AvgIpc) is 2.51. The van der Waals surface area contributed by atoms with Crippen LogP contribution in [0, 0.1) is 19.8 Å². The van der Waals surface area contributed by atoms with Gasteiger partial charge in [-0.3, -0.25) is 10.1 Å². The molecule has 0 fully saturated rings. The first kappa shape index (κ1) is 20.0. The molecule has 0 saturated heterocycles. The van der Waals surface area contributed by atoms with E-state index in [-0.39, 0.29) is 5.95 Å². The molecule has 2 unspecified atom stereocenters. The molecule has 2 amide bonds. The maximum atomic E-state index is 12.6. The number of carbonyl (C=O) groups is 2. The van der Waals surface area contributed by atoms with Gasteiger partial charge in [-0.25, -0.2) is 27.9 Å². The van der Waals surface area contributed by atoms with Crippen LogP contribution in [0.5, 0.6) is 0 Å². The molecule has 26 heavy (non-hydrogen) atoms. The van der Waals surface area contributed by atoms with Crippen molar-refractivity contribution >= 4 is 43.9 Å². The predicted octanol–water partition coefficient (Wildman–Crippen LogP) is 1.89. The van der Waals surface area contributed by atoms with Gasteiger partial charge in [-0.2, -0.15) is 0 Å². The van der Waals surface area contributed by atoms with Crippen molar-refractivity contribution in [2.45, 2.75) is 25.5 Å². The molecule has 0 spiro atoms. The second-order valence-corrected chi connectivity index (χ2v) is 8.72. The molecule has 0 aromatic carbocycles. The highest BCUT2D eigenvalue weighted by Gasteiger charge is 2.48. The summed E-state index contributed by atoms with van der Waals surface area (Å²) >= 11 is 3.29. The number of halogens is 1. The van der Waals surface area contributed by atoms with E-state index in [1.54, 1.807) is 13.8 Å². The number of aromatic nitrogens is 2. The Hall–Kier alpha value is -2.27. The smallest absolute Gasteiger partial charge is 0.335 e. The SMILES string of the molecule is Cc1nc(NC(=O)NS(=O)(=O)C2(C)C=CC=CC2C(=O)O)nc(C)c1Br. The summed E-state index contributed by atoms with van der Waals surface area (Å²) in [7, 11) is -4.37. The van der Waals surface area contributed by atoms with Gasteiger partial charge in [0.25, 0.3) is 0 Å². The molecule has 0 saturated carbocycles. The van der Waals surface area contributed by atoms with Gasteiger partial charge in [0.05, 0.1) is 21.8 Å². The Morgan fingerprint density at radius 3 is 2.35 bits per heavy atom. The maximum Gasteiger partial charge on any atom is 0.335 e. The number of urea groups is 1. The predicted molar refractivity (Wildman–Crippen MR) is 98.1 cm³/mol. The molecule has 9 nitrogen and oxygen atoms in total. The van der Waals surface area contributed by atoms with E-state index in [1.807, 2.05) is 4.72 Å². The van der Waals surface area contributed by atoms with Crippen LogP contribution >= 0.6 is 15.9 Å². The van der Waals surface area contributed by atoms with Gasteiger partial charge in [-0.05, 0) is 36.7 Å². The number of rotatable bonds is 4. The van der Waals surface area contributed by atoms with E-state index in [9.17, 15) is 23.1 Å². The Morgan fingerprint density at radius 1 is 1.23 bits per heavy atom. The molecule has 1 aliphatic carbocycles. The number of hydrogen-bond donors (Lipinski definition) is 3. The van der Waals surface area contributed by atoms with Crippen LogP contribution in [0.1, 0.15) is 18.3 Å². The number of nitrogens with one attached hydrogen (secondary N) is 2. The molecule has 0 bridgehead atoms. The molecule has 1 heterocycles. The van der Waals surface area contributed by atoms with Crippen molar-refractivity contribution < 1.29 is 23.1 Å². The first-order valence-corrected chi connectivity index (χ1v) is 9.68. The van der Waals surface area contributed by atoms with Gasteiger partial charge in [-0.1, -0.05) is 24.3 Å². The summed E-state index contributed by atoms with van der Waals surface area (Å²) in [5.74, 6) is -2.73. The van der Waals surface area contributed by atoms with Crippen LogP contribution in [0.15, 0.2) is 28.8 Å². The Bertz CT molecular complexity index is 905. The Balaban J connectivity index is 2.23. The molecule has 3 N–H and O–H groups in total. The zero-order valence-corrected chi connectivity index (χ0v) is 16.6. The number of anilines is 1. The van der Waals surface area contributed by atoms with Gasteiger partial charge in [0, 0.05) is 0 Å². The van der Waals surface area contributed by atoms with Gasteiger partial charge >= 0.3 is 12.0 Å². The van der Waals surface area contributed by atoms with Crippen molar-refractivity contribution in [2.24, 2.45) is 5.92 Å². The topological polar surface area (TPSA) is 138 Å². The molecule has 11 heteroatoms. The Labute approximate surface area is 158 Å². The fourth-order valence-electron chi connectivity index (χ4n) is 2.42. The number of aryl methyl sites for hydroxylation is 2. The van der Waals surface area contributed by atoms with E-state index in [0.717, 1.165) is 0 Å². The van der Waals surface area contributed by atoms with Crippen molar-refractivity contribution in [2.75, 3.05) is 5.32 Å². The molecule has 0 radical (unpaired) electrons. The molecule has 1 aromatic rings. The zero-order valence-electron chi connectivity index (χ0n) is 14.1. The summed E-state index contributed by atoms with van der Waals surface area (Å²) in [5, 5.41) is 11.5. The summed E-state index contributed by atoms with van der Waals surface area (Å²) in [6, 6.07) is -1.08. The Morgan fingerprint density at radius 2 is 1.81 bits per heavy atom. The first-order valence-electron chi connectivity index (χ1n) is 7.41. The molecular formula is C15H17BrN4O5S. The summed E-state index contributed by atoms with van der Waals surface area (Å²) in [4.78, 5) is 31.6. The number of amides is 2. The minimum Gasteiger partial charge on any atom is -0.481 e. The minimum absolute atomic E-state index is 0.0741. The van der Waals surface area contributed by atoms with Crippen molar-refractivity contribution in [1.82, 2.24) is 14.7 Å². The number of carboxylic acid groups (broad SMARTS) is 1. The van der Waals surface area contributed by atoms with Gasteiger partial charge < -0.3 is 5.11 Å². The number of carboxylic acids is 1. The highest BCUT2D eigenvalue weighted by molar-refractivity contribution is 9.10. The van der Waals surface area contributed by atoms with Crippen molar-refractivity contribution in [3.05, 3.63) is 40.2 Å². The number of allylic oxidation sites excluding steroid dienone is 2. The number of nitrogens with zero attached hydrogens (tertiary/aromatic N) is 2. The lowest BCUT2D eigenvalue weighted by Gasteiger charge is -2.31. The van der Waals surface area contributed by atoms with E-state index in [4.69, 9.17) is 0 Å². The van der Waals surface area contributed by atoms with Gasteiger partial charge in [-0.15, -0.1) is 0 Å². The molecule has 0 aliphatic heterocycles. The quantitative estimate of drug-likeness (QED) is 0.643. The monoisotopic (exact) mass is 444 g/mol. The van der Waals surface area contributed by atoms with Crippen LogP contribution in [-0.4, -0.2) is 40.2 Å². The molecule has 140 valence electrons. The van der Waals surface area contributed by atoms with Crippen molar-refractivity contribution in [1.29, 1.82) is 0 Å². The highest BCUT2D eigenvalue weighted by atomic mass is 79.9. The second kappa shape index (κ2) is 7.16. The third-order valence-electron chi connectivity index (χ3n) is 3.94. The minimum atomic E-state index is -4.37. The fourth-order valence-corrected chi connectivity index (χ4v) is 3.88. The normalized spacial score (nSPS) is 22.1. The van der Waals surface area contributed by atoms with Gasteiger partial charge in [0.1, 0.15) is 4.75 Å². The first-order chi connectivity index (χ1) is 12.0. The average molecular weight is 445 g/mol. The standard InChI is InChI=1S/C15H17BrN4O5S/c1-8-11(16)9(2)18-13(17-8)19-14(23)20-26(24,25)15(3)7-5-4-6-10(15)12(21)22/h4-7,10H,1-3H3,(H,21,22)(H2,17,18,19,20,23). The number of sulfonamides is 1. The zero-order chi connectivity index (χ0) is 19.7. The molecule has 1 aromatic heterocycles. The summed E-state index contributed by atoms with van der Waals surface area (Å²) < 4.78 is 26.0. The molecular weight excluding hydrogens is 428 g/mol. The van der Waals surface area contributed by atoms with Crippen LogP contribution in [-0.2, 0) is 14.8 Å². The summed E-state index contributed by atoms with van der Waals surface area (Å²) in [5.41, 5.74) is 1.13. The number of aliphatic carboxylic acids is 1. The maximum absolute atomic E-state index is 12.6. The molecule has 2 atom stereocenters. The van der Waals surface area contributed by atoms with E-state index in [2.05, 4.69) is 31.2 Å². The highest BCUT2D eigenvalue weighted by Crippen LogP contribution is 2.32. The second-order valence-electron chi connectivity index (χ2n) is 5.84. The third-order valence-corrected chi connectivity index (χ3v) is 7.09. The number of carbonyl (C=O) groups excluding carboxylic acids is 1. The van der Waals surface area contributed by atoms with E-state index in [1.165, 1.54) is 31.2 Å². The lowest BCUT2D eigenvalue weighted by atomic mass is 9.89. The van der Waals surface area contributed by atoms with E-state index >= 15 is 0 Å². The lowest BCUT2D eigenvalue weighted by molar-refractivity contribution is -0.140. The Kier molecular flexibility index (Phi) is 5.52. The lowest BCUT2D eigenvalue weighted by Crippen LogP contribution is -2.52. The van der Waals surface area contributed by atoms with Crippen LogP contribution in [0.25, 0.3) is 0 Å². The van der Waals surface area contributed by atoms with E-state index < -0.39 is 32.7 Å². The third kappa shape index (κ3) is 3.78. The van der Waals surface area contributed by atoms with E-state index in [0.29, 0.717) is 15.9 Å². The molecule has 2 rings (SSSR count). The van der Waals surface area contributed by atoms with Crippen molar-refractivity contribution in [3.8, 4) is 0 Å². The van der Waals surface area contributed by atoms with Crippen LogP contribution < -0.4 is 10.0 Å². The van der Waals surface area contributed by atoms with Gasteiger partial charge in [0.2, 0.25) is 16.0 Å². The van der Waals surface area contributed by atoms with Crippen LogP contribution in [0.2, 0.25) is 0 Å². The summed E-state index contributed by atoms with van der Waals surface area (Å²) in [6.45, 7) is 4.61. The summed E-state index contributed by atoms with van der Waals surface area (Å²) in [6.07, 6.45) is 5.34. The van der Waals surface area contributed by atoms with Crippen LogP contribution in [0.3, 0.4) is 0 Å². The van der Waals surface area contributed by atoms with Crippen LogP contribution in [0.4, 0.5) is 10.7 Å². The largest absolute Gasteiger partial charge is 0.481 e. The van der Waals surface area contributed by atoms with Crippen molar-refractivity contribution in [3.63, 3.8) is 0 Å². The fraction of sp³-hybridized carbons (Fsp3) is 0.333. The van der Waals surface area contributed by atoms with Gasteiger partial charge in [0.15, 0.2) is 0 Å².